The summed E-state index contributed by atoms with van der Waals surface area (Å²) in [5.41, 5.74) is 7.28. The molecule has 0 unspecified atom stereocenters. The molecule has 0 radical (unpaired) electrons. The smallest absolute Gasteiger partial charge is 0.234 e. The number of nitrogens with zero attached hydrogens (tertiary/aromatic N) is 2. The summed E-state index contributed by atoms with van der Waals surface area (Å²) in [5.74, 6) is 1.15. The van der Waals surface area contributed by atoms with Crippen LogP contribution in [0, 0.1) is 0 Å². The normalized spacial score (nSPS) is 10.1. The molecule has 1 heterocycles. The van der Waals surface area contributed by atoms with Gasteiger partial charge in [0.2, 0.25) is 5.88 Å². The number of hydrogen-bond donors (Lipinski definition) is 2. The van der Waals surface area contributed by atoms with Gasteiger partial charge >= 0.3 is 0 Å². The van der Waals surface area contributed by atoms with Crippen LogP contribution in [-0.2, 0) is 0 Å². The Labute approximate surface area is 106 Å². The Bertz CT molecular complexity index is 516. The second-order valence-corrected chi connectivity index (χ2v) is 3.84. The molecule has 2 rings (SSSR count). The molecule has 0 fully saturated rings. The molecule has 5 heteroatoms. The van der Waals surface area contributed by atoms with Gasteiger partial charge in [-0.25, -0.2) is 0 Å². The van der Waals surface area contributed by atoms with E-state index in [2.05, 4.69) is 15.3 Å². The van der Waals surface area contributed by atoms with E-state index >= 15 is 0 Å². The molecule has 5 nitrogen and oxygen atoms in total. The van der Waals surface area contributed by atoms with Crippen LogP contribution in [0.15, 0.2) is 36.7 Å². The van der Waals surface area contributed by atoms with Crippen LogP contribution in [0.4, 0.5) is 17.2 Å². The number of nitrogens with two attached hydrogens (primary N) is 1. The lowest BCUT2D eigenvalue weighted by Gasteiger charge is -2.08. The highest BCUT2D eigenvalue weighted by molar-refractivity contribution is 5.60. The minimum atomic E-state index is 0.519. The molecule has 2 aromatic rings. The van der Waals surface area contributed by atoms with Gasteiger partial charge in [-0.15, -0.1) is 0 Å². The van der Waals surface area contributed by atoms with Crippen molar-refractivity contribution in [2.75, 3.05) is 17.7 Å². The standard InChI is InChI=1S/C13H16N4O/c1-2-6-18-13-9-15-8-12(17-13)16-11-5-3-4-10(14)7-11/h3-5,7-9H,2,6,14H2,1H3,(H,16,17). The minimum Gasteiger partial charge on any atom is -0.477 e. The van der Waals surface area contributed by atoms with Crippen LogP contribution in [0.25, 0.3) is 0 Å². The van der Waals surface area contributed by atoms with E-state index in [9.17, 15) is 0 Å². The van der Waals surface area contributed by atoms with Gasteiger partial charge in [0.05, 0.1) is 19.0 Å². The van der Waals surface area contributed by atoms with Crippen molar-refractivity contribution in [3.63, 3.8) is 0 Å². The fourth-order valence-electron chi connectivity index (χ4n) is 1.45. The average molecular weight is 244 g/mol. The molecule has 3 N–H and O–H groups in total. The molecule has 18 heavy (non-hydrogen) atoms. The summed E-state index contributed by atoms with van der Waals surface area (Å²) in [6, 6.07) is 7.46. The number of hydrogen-bond acceptors (Lipinski definition) is 5. The molecule has 1 aromatic heterocycles. The first-order valence-corrected chi connectivity index (χ1v) is 5.85. The Kier molecular flexibility index (Phi) is 3.96. The lowest BCUT2D eigenvalue weighted by molar-refractivity contribution is 0.304. The number of aromatic nitrogens is 2. The first-order chi connectivity index (χ1) is 8.78. The molecule has 0 spiro atoms. The fraction of sp³-hybridized carbons (Fsp3) is 0.231. The maximum absolute atomic E-state index is 5.71. The van der Waals surface area contributed by atoms with Crippen molar-refractivity contribution in [3.8, 4) is 5.88 Å². The first kappa shape index (κ1) is 12.2. The molecule has 0 aliphatic heterocycles. The third kappa shape index (κ3) is 3.35. The van der Waals surface area contributed by atoms with Crippen molar-refractivity contribution in [3.05, 3.63) is 36.7 Å². The summed E-state index contributed by atoms with van der Waals surface area (Å²) in [7, 11) is 0. The quantitative estimate of drug-likeness (QED) is 0.791. The largest absolute Gasteiger partial charge is 0.477 e. The zero-order chi connectivity index (χ0) is 12.8. The van der Waals surface area contributed by atoms with Gasteiger partial charge < -0.3 is 15.8 Å². The third-order valence-corrected chi connectivity index (χ3v) is 2.23. The molecule has 0 atom stereocenters. The number of benzene rings is 1. The van der Waals surface area contributed by atoms with Crippen molar-refractivity contribution < 1.29 is 4.74 Å². The van der Waals surface area contributed by atoms with E-state index in [4.69, 9.17) is 10.5 Å². The summed E-state index contributed by atoms with van der Waals surface area (Å²) < 4.78 is 5.42. The zero-order valence-corrected chi connectivity index (χ0v) is 10.3. The minimum absolute atomic E-state index is 0.519. The highest BCUT2D eigenvalue weighted by Gasteiger charge is 2.00. The first-order valence-electron chi connectivity index (χ1n) is 5.85. The maximum atomic E-state index is 5.71. The third-order valence-electron chi connectivity index (χ3n) is 2.23. The Hall–Kier alpha value is -2.30. The van der Waals surface area contributed by atoms with Crippen LogP contribution < -0.4 is 15.8 Å². The average Bonchev–Trinajstić information content (AvgIpc) is 2.37. The molecular formula is C13H16N4O. The molecule has 0 saturated carbocycles. The van der Waals surface area contributed by atoms with Gasteiger partial charge in [0.1, 0.15) is 0 Å². The molecule has 94 valence electrons. The van der Waals surface area contributed by atoms with Crippen molar-refractivity contribution in [1.29, 1.82) is 0 Å². The lowest BCUT2D eigenvalue weighted by Crippen LogP contribution is -2.01. The Morgan fingerprint density at radius 2 is 2.22 bits per heavy atom. The predicted octanol–water partition coefficient (Wildman–Crippen LogP) is 2.59. The van der Waals surface area contributed by atoms with E-state index < -0.39 is 0 Å². The highest BCUT2D eigenvalue weighted by atomic mass is 16.5. The van der Waals surface area contributed by atoms with Crippen LogP contribution in [-0.4, -0.2) is 16.6 Å². The van der Waals surface area contributed by atoms with Gasteiger partial charge in [-0.3, -0.25) is 4.98 Å². The maximum Gasteiger partial charge on any atom is 0.234 e. The number of nitrogens with one attached hydrogen (secondary N) is 1. The van der Waals surface area contributed by atoms with Crippen LogP contribution in [0.1, 0.15) is 13.3 Å². The second-order valence-electron chi connectivity index (χ2n) is 3.84. The van der Waals surface area contributed by atoms with E-state index in [1.807, 2.05) is 31.2 Å². The van der Waals surface area contributed by atoms with E-state index in [-0.39, 0.29) is 0 Å². The van der Waals surface area contributed by atoms with Gasteiger partial charge in [-0.05, 0) is 24.6 Å². The van der Waals surface area contributed by atoms with E-state index in [1.54, 1.807) is 12.4 Å². The molecular weight excluding hydrogens is 228 g/mol. The van der Waals surface area contributed by atoms with Gasteiger partial charge in [0.15, 0.2) is 5.82 Å². The van der Waals surface area contributed by atoms with Crippen molar-refractivity contribution >= 4 is 17.2 Å². The van der Waals surface area contributed by atoms with Gasteiger partial charge in [0.25, 0.3) is 0 Å². The molecule has 0 amide bonds. The number of anilines is 3. The van der Waals surface area contributed by atoms with Gasteiger partial charge in [-0.1, -0.05) is 13.0 Å². The summed E-state index contributed by atoms with van der Waals surface area (Å²) in [4.78, 5) is 8.37. The highest BCUT2D eigenvalue weighted by Crippen LogP contribution is 2.18. The Balaban J connectivity index is 2.09. The zero-order valence-electron chi connectivity index (χ0n) is 10.3. The van der Waals surface area contributed by atoms with Crippen molar-refractivity contribution in [2.45, 2.75) is 13.3 Å². The SMILES string of the molecule is CCCOc1cncc(Nc2cccc(N)c2)n1. The van der Waals surface area contributed by atoms with Crippen LogP contribution in [0.2, 0.25) is 0 Å². The molecule has 0 aliphatic carbocycles. The summed E-state index contributed by atoms with van der Waals surface area (Å²) >= 11 is 0. The molecule has 0 aliphatic rings. The molecule has 1 aromatic carbocycles. The Morgan fingerprint density at radius 1 is 1.33 bits per heavy atom. The lowest BCUT2D eigenvalue weighted by atomic mass is 10.3. The fourth-order valence-corrected chi connectivity index (χ4v) is 1.45. The van der Waals surface area contributed by atoms with E-state index in [1.165, 1.54) is 0 Å². The predicted molar refractivity (Wildman–Crippen MR) is 72.0 cm³/mol. The summed E-state index contributed by atoms with van der Waals surface area (Å²) in [6.45, 7) is 2.68. The van der Waals surface area contributed by atoms with E-state index in [0.717, 1.165) is 12.1 Å². The molecule has 0 bridgehead atoms. The van der Waals surface area contributed by atoms with Crippen molar-refractivity contribution in [2.24, 2.45) is 0 Å². The topological polar surface area (TPSA) is 73.1 Å². The number of nitrogen functional groups attached to an aromatic ring is 1. The molecule has 0 saturated heterocycles. The number of rotatable bonds is 5. The Morgan fingerprint density at radius 3 is 3.00 bits per heavy atom. The van der Waals surface area contributed by atoms with E-state index in [0.29, 0.717) is 24.0 Å². The number of ether oxygens (including phenoxy) is 1. The summed E-state index contributed by atoms with van der Waals surface area (Å²) in [5, 5.41) is 3.13. The van der Waals surface area contributed by atoms with Gasteiger partial charge in [-0.2, -0.15) is 4.98 Å². The second kappa shape index (κ2) is 5.86. The van der Waals surface area contributed by atoms with Crippen LogP contribution in [0.5, 0.6) is 5.88 Å². The van der Waals surface area contributed by atoms with Gasteiger partial charge in [0, 0.05) is 11.4 Å². The monoisotopic (exact) mass is 244 g/mol. The summed E-state index contributed by atoms with van der Waals surface area (Å²) in [6.07, 6.45) is 4.18. The van der Waals surface area contributed by atoms with Crippen molar-refractivity contribution in [1.82, 2.24) is 9.97 Å². The van der Waals surface area contributed by atoms with Crippen LogP contribution in [0.3, 0.4) is 0 Å². The van der Waals surface area contributed by atoms with Crippen LogP contribution >= 0.6 is 0 Å².